The van der Waals surface area contributed by atoms with E-state index in [0.717, 1.165) is 61.0 Å². The zero-order chi connectivity index (χ0) is 53.7. The van der Waals surface area contributed by atoms with Crippen molar-refractivity contribution in [3.8, 4) is 22.5 Å². The van der Waals surface area contributed by atoms with Gasteiger partial charge in [0.05, 0.1) is 16.4 Å². The highest BCUT2D eigenvalue weighted by atomic mass is 35.5. The number of ketones is 2. The van der Waals surface area contributed by atoms with E-state index in [9.17, 15) is 19.2 Å². The number of rotatable bonds is 18. The minimum absolute atomic E-state index is 0.0274. The molecule has 14 nitrogen and oxygen atoms in total. The lowest BCUT2D eigenvalue weighted by molar-refractivity contribution is -0.114. The second-order valence-electron chi connectivity index (χ2n) is 18.4. The van der Waals surface area contributed by atoms with Crippen LogP contribution in [0.3, 0.4) is 0 Å². The highest BCUT2D eigenvalue weighted by Crippen LogP contribution is 2.32. The fourth-order valence-electron chi connectivity index (χ4n) is 8.48. The van der Waals surface area contributed by atoms with Crippen molar-refractivity contribution < 1.29 is 19.2 Å². The van der Waals surface area contributed by atoms with Crippen LogP contribution in [0.1, 0.15) is 54.6 Å². The Balaban J connectivity index is 0.000000189. The van der Waals surface area contributed by atoms with Crippen molar-refractivity contribution in [3.05, 3.63) is 245 Å². The molecule has 382 valence electrons. The molecular formula is C62H53ClN10O4. The van der Waals surface area contributed by atoms with E-state index < -0.39 is 0 Å². The van der Waals surface area contributed by atoms with Crippen LogP contribution in [-0.4, -0.2) is 83.8 Å². The molecule has 0 atom stereocenters. The molecule has 0 spiro atoms. The van der Waals surface area contributed by atoms with Gasteiger partial charge in [-0.3, -0.25) is 19.2 Å². The van der Waals surface area contributed by atoms with Gasteiger partial charge in [0.2, 0.25) is 5.91 Å². The van der Waals surface area contributed by atoms with Gasteiger partial charge in [0.1, 0.15) is 17.3 Å². The van der Waals surface area contributed by atoms with E-state index in [-0.39, 0.29) is 23.4 Å². The smallest absolute Gasteiger partial charge is 0.255 e. The first-order valence-electron chi connectivity index (χ1n) is 24.7. The number of carbonyl (C=O) groups excluding carboxylic acids is 4. The number of allylic oxidation sites excluding steroid dienone is 1. The molecule has 0 fully saturated rings. The molecule has 0 bridgehead atoms. The van der Waals surface area contributed by atoms with Gasteiger partial charge in [-0.1, -0.05) is 103 Å². The van der Waals surface area contributed by atoms with E-state index in [4.69, 9.17) is 21.6 Å². The number of nitrogens with zero attached hydrogens (tertiary/aromatic N) is 6. The second kappa shape index (κ2) is 24.7. The Morgan fingerprint density at radius 1 is 0.675 bits per heavy atom. The molecule has 0 saturated carbocycles. The lowest BCUT2D eigenvalue weighted by Gasteiger charge is -2.09. The van der Waals surface area contributed by atoms with E-state index in [2.05, 4.69) is 48.2 Å². The second-order valence-corrected chi connectivity index (χ2v) is 18.8. The molecular weight excluding hydrogens is 984 g/mol. The number of hydrogen-bond acceptors (Lipinski definition) is 10. The molecule has 0 aliphatic carbocycles. The standard InChI is InChI=1S/C32H29ClN6O2.C30H24N4O2/c1-39(2)16-6-11-30(40)36-23-14-12-22(13-15-23)32(41)37-24-8-5-7-21(17-24)18-29-35-20-27(33)31(38-29)26-19-34-28-10-4-3-9-25(26)28;1-2-26(35)15-20-6-8-23(9-7-20)28(36)16-21-4-3-5-22(14-21)17-29-31-13-11-27(34-29)25-18-24-10-12-32-30(24)33-19-25/h3-15,17,19-20,34H,16,18H2,1-2H3,(H,36,40)(H,37,41);2-14,18-19H,1,15-17H2,(H,32,33)/b11-6+;. The van der Waals surface area contributed by atoms with Gasteiger partial charge in [0.15, 0.2) is 11.6 Å². The quantitative estimate of drug-likeness (QED) is 0.0475. The molecule has 4 N–H and O–H groups in total. The predicted octanol–water partition coefficient (Wildman–Crippen LogP) is 11.5. The van der Waals surface area contributed by atoms with E-state index in [1.54, 1.807) is 61.1 Å². The van der Waals surface area contributed by atoms with Crippen LogP contribution < -0.4 is 10.6 Å². The normalized spacial score (nSPS) is 11.1. The number of carbonyl (C=O) groups is 4. The number of halogens is 1. The number of aromatic nitrogens is 7. The number of likely N-dealkylation sites (N-methyl/N-ethyl adjacent to an activating group) is 1. The van der Waals surface area contributed by atoms with Gasteiger partial charge in [-0.25, -0.2) is 24.9 Å². The first-order valence-corrected chi connectivity index (χ1v) is 25.1. The number of aromatic amines is 2. The zero-order valence-corrected chi connectivity index (χ0v) is 43.1. The minimum Gasteiger partial charge on any atom is -0.360 e. The summed E-state index contributed by atoms with van der Waals surface area (Å²) in [5.41, 5.74) is 11.3. The molecule has 0 unspecified atom stereocenters. The summed E-state index contributed by atoms with van der Waals surface area (Å²) >= 11 is 6.49. The first-order chi connectivity index (χ1) is 37.4. The van der Waals surface area contributed by atoms with Crippen molar-refractivity contribution in [2.75, 3.05) is 31.3 Å². The SMILES string of the molecule is C=CC(=O)Cc1ccc(C(=O)Cc2cccc(Cc3nccc(-c4cnc5[nH]ccc5c4)n3)c2)cc1.CN(C)C/C=C/C(=O)Nc1ccc(C(=O)Nc2cccc(Cc3ncc(Cl)c(-c4c[nH]c5ccccc45)n3)c2)cc1. The Kier molecular flexibility index (Phi) is 16.8. The molecule has 10 rings (SSSR count). The van der Waals surface area contributed by atoms with E-state index in [1.807, 2.05) is 128 Å². The number of Topliss-reactive ketones (excluding diaryl/α,β-unsaturated/α-hetero) is 1. The van der Waals surface area contributed by atoms with Crippen LogP contribution >= 0.6 is 11.6 Å². The van der Waals surface area contributed by atoms with E-state index >= 15 is 0 Å². The lowest BCUT2D eigenvalue weighted by Crippen LogP contribution is -2.14. The van der Waals surface area contributed by atoms with Crippen molar-refractivity contribution in [1.82, 2.24) is 39.8 Å². The number of benzene rings is 5. The van der Waals surface area contributed by atoms with Crippen LogP contribution in [0.2, 0.25) is 5.02 Å². The van der Waals surface area contributed by atoms with Gasteiger partial charge < -0.3 is 25.5 Å². The molecule has 10 aromatic rings. The number of fused-ring (bicyclic) bond motifs is 2. The van der Waals surface area contributed by atoms with Gasteiger partial charge in [-0.05, 0) is 103 Å². The lowest BCUT2D eigenvalue weighted by atomic mass is 9.99. The van der Waals surface area contributed by atoms with Gasteiger partial charge >= 0.3 is 0 Å². The molecule has 0 radical (unpaired) electrons. The Labute approximate surface area is 450 Å². The number of anilines is 2. The summed E-state index contributed by atoms with van der Waals surface area (Å²) in [6, 6.07) is 43.4. The maximum atomic E-state index is 12.9. The molecule has 15 heteroatoms. The highest BCUT2D eigenvalue weighted by molar-refractivity contribution is 6.33. The van der Waals surface area contributed by atoms with E-state index in [1.165, 1.54) is 12.2 Å². The molecule has 5 aromatic heterocycles. The number of amides is 2. The van der Waals surface area contributed by atoms with Crippen LogP contribution in [-0.2, 0) is 35.3 Å². The molecule has 5 heterocycles. The predicted molar refractivity (Wildman–Crippen MR) is 304 cm³/mol. The number of H-pyrrole nitrogens is 2. The van der Waals surface area contributed by atoms with Gasteiger partial charge in [0.25, 0.3) is 5.91 Å². The van der Waals surface area contributed by atoms with Crippen molar-refractivity contribution >= 4 is 68.3 Å². The molecule has 2 amide bonds. The molecule has 0 aliphatic heterocycles. The number of para-hydroxylation sites is 1. The number of hydrogen-bond donors (Lipinski definition) is 4. The molecule has 5 aromatic carbocycles. The fraction of sp³-hybridized carbons (Fsp3) is 0.113. The van der Waals surface area contributed by atoms with Gasteiger partial charge in [-0.2, -0.15) is 0 Å². The third kappa shape index (κ3) is 14.0. The first kappa shape index (κ1) is 52.4. The number of nitrogens with one attached hydrogen (secondary N) is 4. The Hall–Kier alpha value is -9.50. The third-order valence-electron chi connectivity index (χ3n) is 12.3. The maximum Gasteiger partial charge on any atom is 0.255 e. The highest BCUT2D eigenvalue weighted by Gasteiger charge is 2.15. The third-order valence-corrected chi connectivity index (χ3v) is 12.6. The average molecular weight is 1040 g/mol. The summed E-state index contributed by atoms with van der Waals surface area (Å²) < 4.78 is 0. The van der Waals surface area contributed by atoms with Crippen LogP contribution in [0, 0.1) is 0 Å². The van der Waals surface area contributed by atoms with Crippen LogP contribution in [0.25, 0.3) is 44.5 Å². The van der Waals surface area contributed by atoms with Crippen LogP contribution in [0.5, 0.6) is 0 Å². The summed E-state index contributed by atoms with van der Waals surface area (Å²) in [6.45, 7) is 4.17. The largest absolute Gasteiger partial charge is 0.360 e. The van der Waals surface area contributed by atoms with Crippen molar-refractivity contribution in [2.24, 2.45) is 0 Å². The van der Waals surface area contributed by atoms with Crippen LogP contribution in [0.4, 0.5) is 11.4 Å². The topological polar surface area (TPSA) is 192 Å². The molecule has 0 aliphatic rings. The molecule has 0 saturated heterocycles. The summed E-state index contributed by atoms with van der Waals surface area (Å²) in [5, 5.41) is 8.28. The average Bonchev–Trinajstić information content (AvgIpc) is 4.10. The number of pyridine rings is 1. The molecule has 77 heavy (non-hydrogen) atoms. The van der Waals surface area contributed by atoms with Crippen molar-refractivity contribution in [3.63, 3.8) is 0 Å². The Morgan fingerprint density at radius 2 is 1.42 bits per heavy atom. The maximum absolute atomic E-state index is 12.9. The minimum atomic E-state index is -0.254. The Morgan fingerprint density at radius 3 is 2.21 bits per heavy atom. The summed E-state index contributed by atoms with van der Waals surface area (Å²) in [6.07, 6.45) is 15.2. The van der Waals surface area contributed by atoms with E-state index in [0.29, 0.717) is 77.1 Å². The van der Waals surface area contributed by atoms with Crippen molar-refractivity contribution in [2.45, 2.75) is 25.7 Å². The fourth-order valence-corrected chi connectivity index (χ4v) is 8.67. The zero-order valence-electron chi connectivity index (χ0n) is 42.3. The van der Waals surface area contributed by atoms with Gasteiger partial charge in [-0.15, -0.1) is 0 Å². The monoisotopic (exact) mass is 1040 g/mol. The summed E-state index contributed by atoms with van der Waals surface area (Å²) in [5.74, 6) is 0.829. The van der Waals surface area contributed by atoms with Gasteiger partial charge in [0, 0.05) is 119 Å². The van der Waals surface area contributed by atoms with Crippen molar-refractivity contribution in [1.29, 1.82) is 0 Å². The summed E-state index contributed by atoms with van der Waals surface area (Å²) in [7, 11) is 3.86. The summed E-state index contributed by atoms with van der Waals surface area (Å²) in [4.78, 5) is 80.5. The Bertz CT molecular complexity index is 3790. The van der Waals surface area contributed by atoms with Crippen LogP contribution in [0.15, 0.2) is 195 Å².